The molecule has 0 saturated heterocycles. The average Bonchev–Trinajstić information content (AvgIpc) is 2.21. The number of carbonyl (C=O) groups is 1. The molecule has 3 heteroatoms. The highest BCUT2D eigenvalue weighted by Crippen LogP contribution is 2.30. The zero-order valence-corrected chi connectivity index (χ0v) is 10.2. The fraction of sp³-hybridized carbons (Fsp3) is 0.917. The van der Waals surface area contributed by atoms with Crippen molar-refractivity contribution in [1.29, 1.82) is 0 Å². The molecule has 1 aliphatic rings. The van der Waals surface area contributed by atoms with Gasteiger partial charge in [-0.15, -0.1) is 0 Å². The Morgan fingerprint density at radius 1 is 1.47 bits per heavy atom. The summed E-state index contributed by atoms with van der Waals surface area (Å²) >= 11 is 0. The summed E-state index contributed by atoms with van der Waals surface area (Å²) in [7, 11) is 1.90. The first-order valence-electron chi connectivity index (χ1n) is 6.08. The molecule has 3 unspecified atom stereocenters. The number of hydrogen-bond donors (Lipinski definition) is 1. The molecule has 88 valence electrons. The largest absolute Gasteiger partial charge is 0.346 e. The predicted octanol–water partition coefficient (Wildman–Crippen LogP) is 1.62. The lowest BCUT2D eigenvalue weighted by Crippen LogP contribution is -2.44. The maximum Gasteiger partial charge on any atom is 0.225 e. The standard InChI is InChI=1S/C12H24N2O/c1-4-8-14(3)12(15)10-6-5-7-11(13)9(10)2/h9-11H,4-8,13H2,1-3H3. The van der Waals surface area contributed by atoms with Crippen molar-refractivity contribution >= 4 is 5.91 Å². The third-order valence-corrected chi connectivity index (χ3v) is 3.62. The van der Waals surface area contributed by atoms with E-state index in [0.717, 1.165) is 32.2 Å². The Morgan fingerprint density at radius 3 is 2.73 bits per heavy atom. The van der Waals surface area contributed by atoms with E-state index in [1.165, 1.54) is 0 Å². The smallest absolute Gasteiger partial charge is 0.225 e. The molecule has 1 aliphatic carbocycles. The van der Waals surface area contributed by atoms with Gasteiger partial charge >= 0.3 is 0 Å². The van der Waals surface area contributed by atoms with Gasteiger partial charge in [-0.1, -0.05) is 20.3 Å². The molecule has 1 rings (SSSR count). The lowest BCUT2D eigenvalue weighted by atomic mass is 9.76. The molecule has 0 aliphatic heterocycles. The first-order valence-corrected chi connectivity index (χ1v) is 6.08. The molecule has 0 heterocycles. The van der Waals surface area contributed by atoms with Crippen molar-refractivity contribution in [3.8, 4) is 0 Å². The summed E-state index contributed by atoms with van der Waals surface area (Å²) in [5.41, 5.74) is 6.01. The molecule has 0 aromatic carbocycles. The zero-order chi connectivity index (χ0) is 11.4. The summed E-state index contributed by atoms with van der Waals surface area (Å²) in [6.07, 6.45) is 4.21. The van der Waals surface area contributed by atoms with E-state index >= 15 is 0 Å². The number of hydrogen-bond acceptors (Lipinski definition) is 2. The molecular formula is C12H24N2O. The minimum absolute atomic E-state index is 0.158. The van der Waals surface area contributed by atoms with Gasteiger partial charge < -0.3 is 10.6 Å². The van der Waals surface area contributed by atoms with E-state index in [2.05, 4.69) is 13.8 Å². The maximum absolute atomic E-state index is 12.1. The Hall–Kier alpha value is -0.570. The average molecular weight is 212 g/mol. The molecule has 1 fully saturated rings. The van der Waals surface area contributed by atoms with Crippen LogP contribution in [-0.2, 0) is 4.79 Å². The van der Waals surface area contributed by atoms with Crippen LogP contribution < -0.4 is 5.73 Å². The van der Waals surface area contributed by atoms with Crippen LogP contribution in [0.15, 0.2) is 0 Å². The van der Waals surface area contributed by atoms with Crippen LogP contribution in [-0.4, -0.2) is 30.4 Å². The van der Waals surface area contributed by atoms with Crippen molar-refractivity contribution in [2.75, 3.05) is 13.6 Å². The Morgan fingerprint density at radius 2 is 2.13 bits per heavy atom. The van der Waals surface area contributed by atoms with Crippen molar-refractivity contribution in [1.82, 2.24) is 4.90 Å². The van der Waals surface area contributed by atoms with Crippen LogP contribution in [0.4, 0.5) is 0 Å². The first kappa shape index (κ1) is 12.5. The van der Waals surface area contributed by atoms with Gasteiger partial charge in [0.25, 0.3) is 0 Å². The fourth-order valence-corrected chi connectivity index (χ4v) is 2.47. The summed E-state index contributed by atoms with van der Waals surface area (Å²) in [6, 6.07) is 0.211. The van der Waals surface area contributed by atoms with Gasteiger partial charge in [-0.2, -0.15) is 0 Å². The third-order valence-electron chi connectivity index (χ3n) is 3.62. The summed E-state index contributed by atoms with van der Waals surface area (Å²) in [4.78, 5) is 14.0. The van der Waals surface area contributed by atoms with Gasteiger partial charge in [-0.05, 0) is 25.2 Å². The van der Waals surface area contributed by atoms with Crippen LogP contribution >= 0.6 is 0 Å². The lowest BCUT2D eigenvalue weighted by molar-refractivity contribution is -0.137. The Labute approximate surface area is 93.0 Å². The highest BCUT2D eigenvalue weighted by Gasteiger charge is 2.33. The van der Waals surface area contributed by atoms with Gasteiger partial charge in [0, 0.05) is 25.6 Å². The zero-order valence-electron chi connectivity index (χ0n) is 10.2. The molecule has 0 spiro atoms. The molecule has 1 amide bonds. The van der Waals surface area contributed by atoms with Crippen LogP contribution in [0, 0.1) is 11.8 Å². The topological polar surface area (TPSA) is 46.3 Å². The van der Waals surface area contributed by atoms with Crippen molar-refractivity contribution in [3.63, 3.8) is 0 Å². The summed E-state index contributed by atoms with van der Waals surface area (Å²) in [6.45, 7) is 5.07. The van der Waals surface area contributed by atoms with Crippen LogP contribution in [0.1, 0.15) is 39.5 Å². The fourth-order valence-electron chi connectivity index (χ4n) is 2.47. The predicted molar refractivity (Wildman–Crippen MR) is 62.4 cm³/mol. The third kappa shape index (κ3) is 2.94. The number of nitrogens with two attached hydrogens (primary N) is 1. The van der Waals surface area contributed by atoms with E-state index in [-0.39, 0.29) is 12.0 Å². The Kier molecular flexibility index (Phi) is 4.58. The molecule has 0 radical (unpaired) electrons. The van der Waals surface area contributed by atoms with Crippen LogP contribution in [0.25, 0.3) is 0 Å². The number of nitrogens with zero attached hydrogens (tertiary/aromatic N) is 1. The molecular weight excluding hydrogens is 188 g/mol. The minimum atomic E-state index is 0.158. The van der Waals surface area contributed by atoms with Crippen molar-refractivity contribution < 1.29 is 4.79 Å². The first-order chi connectivity index (χ1) is 7.07. The number of rotatable bonds is 3. The molecule has 15 heavy (non-hydrogen) atoms. The lowest BCUT2D eigenvalue weighted by Gasteiger charge is -2.35. The van der Waals surface area contributed by atoms with Gasteiger partial charge in [0.1, 0.15) is 0 Å². The van der Waals surface area contributed by atoms with Gasteiger partial charge in [-0.3, -0.25) is 4.79 Å². The molecule has 0 aromatic heterocycles. The van der Waals surface area contributed by atoms with Crippen LogP contribution in [0.3, 0.4) is 0 Å². The van der Waals surface area contributed by atoms with Gasteiger partial charge in [0.15, 0.2) is 0 Å². The van der Waals surface area contributed by atoms with E-state index in [1.807, 2.05) is 11.9 Å². The van der Waals surface area contributed by atoms with Gasteiger partial charge in [-0.25, -0.2) is 0 Å². The Bertz CT molecular complexity index is 218. The number of carbonyl (C=O) groups excluding carboxylic acids is 1. The SMILES string of the molecule is CCCN(C)C(=O)C1CCCC(N)C1C. The van der Waals surface area contributed by atoms with Crippen LogP contribution in [0.2, 0.25) is 0 Å². The van der Waals surface area contributed by atoms with E-state index in [1.54, 1.807) is 0 Å². The van der Waals surface area contributed by atoms with Crippen LogP contribution in [0.5, 0.6) is 0 Å². The van der Waals surface area contributed by atoms with Crippen molar-refractivity contribution in [2.24, 2.45) is 17.6 Å². The minimum Gasteiger partial charge on any atom is -0.346 e. The summed E-state index contributed by atoms with van der Waals surface area (Å²) < 4.78 is 0. The monoisotopic (exact) mass is 212 g/mol. The number of amides is 1. The quantitative estimate of drug-likeness (QED) is 0.772. The molecule has 0 bridgehead atoms. The summed E-state index contributed by atoms with van der Waals surface area (Å²) in [5, 5.41) is 0. The Balaban J connectivity index is 2.57. The normalized spacial score (nSPS) is 31.3. The van der Waals surface area contributed by atoms with E-state index < -0.39 is 0 Å². The maximum atomic E-state index is 12.1. The van der Waals surface area contributed by atoms with E-state index in [4.69, 9.17) is 5.73 Å². The van der Waals surface area contributed by atoms with E-state index in [0.29, 0.717) is 11.8 Å². The van der Waals surface area contributed by atoms with E-state index in [9.17, 15) is 4.79 Å². The molecule has 1 saturated carbocycles. The van der Waals surface area contributed by atoms with Gasteiger partial charge in [0.2, 0.25) is 5.91 Å². The summed E-state index contributed by atoms with van der Waals surface area (Å²) in [5.74, 6) is 0.787. The second-order valence-electron chi connectivity index (χ2n) is 4.82. The van der Waals surface area contributed by atoms with Gasteiger partial charge in [0.05, 0.1) is 0 Å². The van der Waals surface area contributed by atoms with Crippen molar-refractivity contribution in [2.45, 2.75) is 45.6 Å². The highest BCUT2D eigenvalue weighted by molar-refractivity contribution is 5.79. The molecule has 2 N–H and O–H groups in total. The molecule has 3 nitrogen and oxygen atoms in total. The second-order valence-corrected chi connectivity index (χ2v) is 4.82. The molecule has 3 atom stereocenters. The molecule has 0 aromatic rings. The second kappa shape index (κ2) is 5.50. The highest BCUT2D eigenvalue weighted by atomic mass is 16.2. The van der Waals surface area contributed by atoms with Crippen molar-refractivity contribution in [3.05, 3.63) is 0 Å².